The molecular formula is C15H26N2O4Si. The van der Waals surface area contributed by atoms with Crippen LogP contribution in [0.25, 0.3) is 0 Å². The molecule has 0 fully saturated rings. The largest absolute Gasteiger partial charge is 0.478 e. The summed E-state index contributed by atoms with van der Waals surface area (Å²) in [6, 6.07) is 2.91. The van der Waals surface area contributed by atoms with Gasteiger partial charge in [-0.3, -0.25) is 10.1 Å². The maximum Gasteiger partial charge on any atom is 0.287 e. The predicted octanol–water partition coefficient (Wildman–Crippen LogP) is 4.17. The van der Waals surface area contributed by atoms with Crippen molar-refractivity contribution in [3.8, 4) is 5.88 Å². The number of nitrogens with zero attached hydrogens (tertiary/aromatic N) is 2. The molecule has 1 heterocycles. The second-order valence-electron chi connectivity index (χ2n) is 6.78. The minimum Gasteiger partial charge on any atom is -0.478 e. The second kappa shape index (κ2) is 7.69. The minimum atomic E-state index is -1.66. The van der Waals surface area contributed by atoms with Gasteiger partial charge in [0.1, 0.15) is 6.20 Å². The molecule has 0 atom stereocenters. The monoisotopic (exact) mass is 326 g/mol. The lowest BCUT2D eigenvalue weighted by Gasteiger charge is -2.36. The standard InChI is InChI=1S/C15H26N2O4Si/c1-15(2,3)22(4,5)21-11-7-6-10-20-14-9-8-13(12-16-14)17(18)19/h8-9,12H,6-7,10-11H2,1-5H3. The van der Waals surface area contributed by atoms with Crippen LogP contribution < -0.4 is 4.74 Å². The van der Waals surface area contributed by atoms with E-state index in [9.17, 15) is 10.1 Å². The van der Waals surface area contributed by atoms with Gasteiger partial charge < -0.3 is 9.16 Å². The SMILES string of the molecule is CC(C)(C)[Si](C)(C)OCCCCOc1ccc([N+](=O)[O-])cn1. The third-order valence-electron chi connectivity index (χ3n) is 3.99. The Morgan fingerprint density at radius 2 is 1.86 bits per heavy atom. The quantitative estimate of drug-likeness (QED) is 0.310. The molecule has 0 spiro atoms. The van der Waals surface area contributed by atoms with Crippen molar-refractivity contribution < 1.29 is 14.1 Å². The molecule has 0 aliphatic heterocycles. The van der Waals surface area contributed by atoms with Crippen molar-refractivity contribution in [1.82, 2.24) is 4.98 Å². The summed E-state index contributed by atoms with van der Waals surface area (Å²) in [4.78, 5) is 13.9. The van der Waals surface area contributed by atoms with E-state index in [2.05, 4.69) is 38.8 Å². The van der Waals surface area contributed by atoms with E-state index in [-0.39, 0.29) is 10.7 Å². The molecule has 0 aliphatic rings. The minimum absolute atomic E-state index is 0.0323. The Morgan fingerprint density at radius 1 is 1.23 bits per heavy atom. The summed E-state index contributed by atoms with van der Waals surface area (Å²) in [5.74, 6) is 0.413. The number of ether oxygens (including phenoxy) is 1. The number of rotatable bonds is 8. The van der Waals surface area contributed by atoms with Gasteiger partial charge in [0, 0.05) is 18.7 Å². The highest BCUT2D eigenvalue weighted by atomic mass is 28.4. The van der Waals surface area contributed by atoms with E-state index in [0.29, 0.717) is 12.5 Å². The van der Waals surface area contributed by atoms with Gasteiger partial charge in [-0.05, 0) is 31.0 Å². The van der Waals surface area contributed by atoms with Crippen LogP contribution in [0.5, 0.6) is 5.88 Å². The van der Waals surface area contributed by atoms with E-state index in [1.165, 1.54) is 18.3 Å². The van der Waals surface area contributed by atoms with Crippen molar-refractivity contribution in [2.45, 2.75) is 51.7 Å². The summed E-state index contributed by atoms with van der Waals surface area (Å²) >= 11 is 0. The number of aromatic nitrogens is 1. The molecule has 0 aromatic carbocycles. The van der Waals surface area contributed by atoms with Gasteiger partial charge in [-0.15, -0.1) is 0 Å². The van der Waals surface area contributed by atoms with Crippen LogP contribution in [-0.4, -0.2) is 31.4 Å². The molecule has 6 nitrogen and oxygen atoms in total. The van der Waals surface area contributed by atoms with Crippen molar-refractivity contribution in [3.63, 3.8) is 0 Å². The zero-order valence-corrected chi connectivity index (χ0v) is 15.1. The maximum absolute atomic E-state index is 10.5. The van der Waals surface area contributed by atoms with E-state index >= 15 is 0 Å². The summed E-state index contributed by atoms with van der Waals surface area (Å²) in [6.45, 7) is 12.4. The summed E-state index contributed by atoms with van der Waals surface area (Å²) in [5.41, 5.74) is -0.0323. The second-order valence-corrected chi connectivity index (χ2v) is 11.6. The molecule has 1 rings (SSSR count). The van der Waals surface area contributed by atoms with Gasteiger partial charge >= 0.3 is 0 Å². The summed E-state index contributed by atoms with van der Waals surface area (Å²) < 4.78 is 11.5. The molecule has 0 unspecified atom stereocenters. The van der Waals surface area contributed by atoms with Crippen LogP contribution in [0.2, 0.25) is 18.1 Å². The first kappa shape index (κ1) is 18.6. The average molecular weight is 326 g/mol. The Kier molecular flexibility index (Phi) is 6.49. The Labute approximate surface area is 133 Å². The number of unbranched alkanes of at least 4 members (excludes halogenated alkanes) is 1. The smallest absolute Gasteiger partial charge is 0.287 e. The Hall–Kier alpha value is -1.47. The van der Waals surface area contributed by atoms with E-state index in [0.717, 1.165) is 19.4 Å². The van der Waals surface area contributed by atoms with Gasteiger partial charge in [0.2, 0.25) is 5.88 Å². The highest BCUT2D eigenvalue weighted by molar-refractivity contribution is 6.74. The normalized spacial score (nSPS) is 12.2. The average Bonchev–Trinajstić information content (AvgIpc) is 2.41. The lowest BCUT2D eigenvalue weighted by Crippen LogP contribution is -2.41. The van der Waals surface area contributed by atoms with Crippen LogP contribution >= 0.6 is 0 Å². The number of pyridine rings is 1. The van der Waals surface area contributed by atoms with Gasteiger partial charge in [0.15, 0.2) is 8.32 Å². The van der Waals surface area contributed by atoms with Crippen molar-refractivity contribution in [2.24, 2.45) is 0 Å². The van der Waals surface area contributed by atoms with Crippen LogP contribution in [-0.2, 0) is 4.43 Å². The van der Waals surface area contributed by atoms with E-state index < -0.39 is 13.2 Å². The molecule has 0 saturated heterocycles. The Bertz CT molecular complexity index is 483. The first-order chi connectivity index (χ1) is 10.1. The van der Waals surface area contributed by atoms with Crippen molar-refractivity contribution >= 4 is 14.0 Å². The zero-order valence-electron chi connectivity index (χ0n) is 14.1. The number of hydrogen-bond acceptors (Lipinski definition) is 5. The summed E-state index contributed by atoms with van der Waals surface area (Å²) in [5, 5.41) is 10.7. The molecule has 124 valence electrons. The predicted molar refractivity (Wildman–Crippen MR) is 88.8 cm³/mol. The third kappa shape index (κ3) is 5.73. The zero-order chi connectivity index (χ0) is 16.8. The molecule has 0 radical (unpaired) electrons. The van der Waals surface area contributed by atoms with Crippen molar-refractivity contribution in [1.29, 1.82) is 0 Å². The van der Waals surface area contributed by atoms with Crippen LogP contribution in [0, 0.1) is 10.1 Å². The van der Waals surface area contributed by atoms with Gasteiger partial charge in [-0.2, -0.15) is 0 Å². The maximum atomic E-state index is 10.5. The van der Waals surface area contributed by atoms with Gasteiger partial charge in [-0.25, -0.2) is 4.98 Å². The van der Waals surface area contributed by atoms with Crippen LogP contribution in [0.1, 0.15) is 33.6 Å². The van der Waals surface area contributed by atoms with Crippen molar-refractivity contribution in [2.75, 3.05) is 13.2 Å². The molecule has 22 heavy (non-hydrogen) atoms. The van der Waals surface area contributed by atoms with Gasteiger partial charge in [-0.1, -0.05) is 20.8 Å². The third-order valence-corrected chi connectivity index (χ3v) is 8.53. The fourth-order valence-electron chi connectivity index (χ4n) is 1.49. The fourth-order valence-corrected chi connectivity index (χ4v) is 2.58. The Balaban J connectivity index is 2.22. The summed E-state index contributed by atoms with van der Waals surface area (Å²) in [7, 11) is -1.66. The molecule has 1 aromatic heterocycles. The van der Waals surface area contributed by atoms with Crippen LogP contribution in [0.3, 0.4) is 0 Å². The van der Waals surface area contributed by atoms with Crippen molar-refractivity contribution in [3.05, 3.63) is 28.4 Å². The summed E-state index contributed by atoms with van der Waals surface area (Å²) in [6.07, 6.45) is 3.00. The Morgan fingerprint density at radius 3 is 2.36 bits per heavy atom. The first-order valence-electron chi connectivity index (χ1n) is 7.51. The lowest BCUT2D eigenvalue weighted by molar-refractivity contribution is -0.385. The van der Waals surface area contributed by atoms with E-state index in [4.69, 9.17) is 9.16 Å². The molecule has 0 amide bonds. The fraction of sp³-hybridized carbons (Fsp3) is 0.667. The molecular weight excluding hydrogens is 300 g/mol. The molecule has 7 heteroatoms. The highest BCUT2D eigenvalue weighted by Crippen LogP contribution is 2.36. The lowest BCUT2D eigenvalue weighted by atomic mass is 10.2. The van der Waals surface area contributed by atoms with Crippen LogP contribution in [0.15, 0.2) is 18.3 Å². The number of nitro groups is 1. The number of hydrogen-bond donors (Lipinski definition) is 0. The molecule has 0 bridgehead atoms. The molecule has 0 saturated carbocycles. The molecule has 1 aromatic rings. The van der Waals surface area contributed by atoms with Crippen LogP contribution in [0.4, 0.5) is 5.69 Å². The van der Waals surface area contributed by atoms with Gasteiger partial charge in [0.25, 0.3) is 5.69 Å². The molecule has 0 aliphatic carbocycles. The van der Waals surface area contributed by atoms with E-state index in [1.54, 1.807) is 0 Å². The van der Waals surface area contributed by atoms with Gasteiger partial charge in [0.05, 0.1) is 11.5 Å². The highest BCUT2D eigenvalue weighted by Gasteiger charge is 2.36. The van der Waals surface area contributed by atoms with E-state index in [1.807, 2.05) is 0 Å². The topological polar surface area (TPSA) is 74.5 Å². The molecule has 0 N–H and O–H groups in total. The first-order valence-corrected chi connectivity index (χ1v) is 10.4.